The van der Waals surface area contributed by atoms with Gasteiger partial charge in [0, 0.05) is 27.6 Å². The minimum absolute atomic E-state index is 0.0774. The Morgan fingerprint density at radius 2 is 1.85 bits per heavy atom. The van der Waals surface area contributed by atoms with E-state index in [4.69, 9.17) is 21.1 Å². The second kappa shape index (κ2) is 10.8. The predicted octanol–water partition coefficient (Wildman–Crippen LogP) is 4.94. The highest BCUT2D eigenvalue weighted by Gasteiger charge is 2.13. The first-order chi connectivity index (χ1) is 12.6. The summed E-state index contributed by atoms with van der Waals surface area (Å²) in [6.07, 6.45) is 0.867. The van der Waals surface area contributed by atoms with Gasteiger partial charge in [-0.15, -0.1) is 0 Å². The van der Waals surface area contributed by atoms with Crippen LogP contribution in [0, 0.1) is 0 Å². The fourth-order valence-corrected chi connectivity index (χ4v) is 3.11. The van der Waals surface area contributed by atoms with Crippen LogP contribution in [-0.2, 0) is 13.2 Å². The van der Waals surface area contributed by atoms with Gasteiger partial charge in [-0.2, -0.15) is 0 Å². The third-order valence-electron chi connectivity index (χ3n) is 4.05. The summed E-state index contributed by atoms with van der Waals surface area (Å²) in [5, 5.41) is 13.3. The number of aliphatic hydroxyl groups excluding tert-OH is 1. The summed E-state index contributed by atoms with van der Waals surface area (Å²) in [6.45, 7) is 5.64. The molecule has 0 heterocycles. The molecule has 6 heteroatoms. The average molecular weight is 443 g/mol. The molecule has 1 unspecified atom stereocenters. The highest BCUT2D eigenvalue weighted by molar-refractivity contribution is 9.10. The van der Waals surface area contributed by atoms with E-state index in [1.165, 1.54) is 0 Å². The van der Waals surface area contributed by atoms with Crippen LogP contribution < -0.4 is 14.8 Å². The lowest BCUT2D eigenvalue weighted by Crippen LogP contribution is -2.31. The summed E-state index contributed by atoms with van der Waals surface area (Å²) in [7, 11) is 0. The normalized spacial score (nSPS) is 12.0. The molecular formula is C20H25BrClNO3. The minimum Gasteiger partial charge on any atom is -0.490 e. The maximum absolute atomic E-state index is 9.33. The lowest BCUT2D eigenvalue weighted by Gasteiger charge is -2.18. The molecule has 0 amide bonds. The first-order valence-electron chi connectivity index (χ1n) is 8.74. The number of hydrogen-bond donors (Lipinski definition) is 2. The van der Waals surface area contributed by atoms with Gasteiger partial charge in [-0.1, -0.05) is 52.7 Å². The number of rotatable bonds is 10. The largest absolute Gasteiger partial charge is 0.490 e. The number of nitrogens with one attached hydrogen (secondary N) is 1. The van der Waals surface area contributed by atoms with Crippen molar-refractivity contribution >= 4 is 27.5 Å². The Morgan fingerprint density at radius 3 is 2.50 bits per heavy atom. The van der Waals surface area contributed by atoms with Crippen LogP contribution in [0.5, 0.6) is 11.5 Å². The quantitative estimate of drug-likeness (QED) is 0.547. The van der Waals surface area contributed by atoms with Crippen molar-refractivity contribution in [1.29, 1.82) is 0 Å². The highest BCUT2D eigenvalue weighted by atomic mass is 79.9. The van der Waals surface area contributed by atoms with E-state index < -0.39 is 0 Å². The first-order valence-corrected chi connectivity index (χ1v) is 9.91. The van der Waals surface area contributed by atoms with Gasteiger partial charge in [-0.25, -0.2) is 0 Å². The van der Waals surface area contributed by atoms with Crippen molar-refractivity contribution < 1.29 is 14.6 Å². The molecule has 2 N–H and O–H groups in total. The molecule has 0 radical (unpaired) electrons. The monoisotopic (exact) mass is 441 g/mol. The molecule has 0 aromatic heterocycles. The molecule has 142 valence electrons. The molecule has 1 atom stereocenters. The molecule has 0 fully saturated rings. The molecule has 0 aliphatic rings. The molecule has 2 aromatic carbocycles. The van der Waals surface area contributed by atoms with Crippen LogP contribution in [0.1, 0.15) is 31.4 Å². The van der Waals surface area contributed by atoms with Gasteiger partial charge in [0.15, 0.2) is 11.5 Å². The molecule has 0 spiro atoms. The molecule has 0 aliphatic heterocycles. The summed E-state index contributed by atoms with van der Waals surface area (Å²) in [5.41, 5.74) is 1.97. The van der Waals surface area contributed by atoms with E-state index >= 15 is 0 Å². The van der Waals surface area contributed by atoms with Crippen molar-refractivity contribution in [3.05, 3.63) is 57.0 Å². The Morgan fingerprint density at radius 1 is 1.12 bits per heavy atom. The number of ether oxygens (including phenoxy) is 2. The Kier molecular flexibility index (Phi) is 8.72. The van der Waals surface area contributed by atoms with Crippen LogP contribution in [0.2, 0.25) is 5.02 Å². The molecule has 2 rings (SSSR count). The Balaban J connectivity index is 2.15. The van der Waals surface area contributed by atoms with Gasteiger partial charge >= 0.3 is 0 Å². The Bertz CT molecular complexity index is 707. The smallest absolute Gasteiger partial charge is 0.162 e. The zero-order valence-electron chi connectivity index (χ0n) is 15.1. The Labute approximate surface area is 168 Å². The average Bonchev–Trinajstić information content (AvgIpc) is 2.64. The zero-order chi connectivity index (χ0) is 18.9. The number of aliphatic hydroxyl groups is 1. The molecule has 0 bridgehead atoms. The summed E-state index contributed by atoms with van der Waals surface area (Å²) < 4.78 is 12.6. The van der Waals surface area contributed by atoms with Gasteiger partial charge < -0.3 is 19.9 Å². The van der Waals surface area contributed by atoms with Gasteiger partial charge in [0.2, 0.25) is 0 Å². The first kappa shape index (κ1) is 21.0. The third kappa shape index (κ3) is 5.88. The third-order valence-corrected chi connectivity index (χ3v) is 5.15. The molecular weight excluding hydrogens is 418 g/mol. The lowest BCUT2D eigenvalue weighted by atomic mass is 10.1. The molecule has 0 saturated carbocycles. The number of hydrogen-bond acceptors (Lipinski definition) is 4. The van der Waals surface area contributed by atoms with E-state index in [0.29, 0.717) is 36.3 Å². The lowest BCUT2D eigenvalue weighted by molar-refractivity contribution is 0.238. The molecule has 26 heavy (non-hydrogen) atoms. The number of benzene rings is 2. The van der Waals surface area contributed by atoms with Crippen LogP contribution in [0.15, 0.2) is 40.9 Å². The summed E-state index contributed by atoms with van der Waals surface area (Å²) in [5.74, 6) is 1.35. The van der Waals surface area contributed by atoms with Crippen LogP contribution in [0.4, 0.5) is 0 Å². The van der Waals surface area contributed by atoms with Crippen LogP contribution in [-0.4, -0.2) is 24.4 Å². The molecule has 0 saturated heterocycles. The fourth-order valence-electron chi connectivity index (χ4n) is 2.46. The van der Waals surface area contributed by atoms with Crippen LogP contribution in [0.3, 0.4) is 0 Å². The van der Waals surface area contributed by atoms with Crippen LogP contribution >= 0.6 is 27.5 Å². The maximum Gasteiger partial charge on any atom is 0.162 e. The molecule has 2 aromatic rings. The second-order valence-electron chi connectivity index (χ2n) is 5.87. The summed E-state index contributed by atoms with van der Waals surface area (Å²) in [4.78, 5) is 0. The zero-order valence-corrected chi connectivity index (χ0v) is 17.4. The fraction of sp³-hybridized carbons (Fsp3) is 0.400. The van der Waals surface area contributed by atoms with Gasteiger partial charge in [-0.3, -0.25) is 0 Å². The van der Waals surface area contributed by atoms with Crippen molar-refractivity contribution in [2.75, 3.05) is 13.2 Å². The standard InChI is InChI=1S/C20H25BrClNO3/c1-3-16(12-24)23-11-15-9-19(25-4-2)20(10-17(15)21)26-13-14-7-5-6-8-18(14)22/h5-10,16,23-24H,3-4,11-13H2,1-2H3. The van der Waals surface area contributed by atoms with E-state index in [1.54, 1.807) is 0 Å². The van der Waals surface area contributed by atoms with Crippen molar-refractivity contribution in [3.8, 4) is 11.5 Å². The molecule has 0 aliphatic carbocycles. The number of halogens is 2. The van der Waals surface area contributed by atoms with Gasteiger partial charge in [-0.05, 0) is 37.1 Å². The predicted molar refractivity (Wildman–Crippen MR) is 109 cm³/mol. The minimum atomic E-state index is 0.0774. The van der Waals surface area contributed by atoms with Crippen molar-refractivity contribution in [1.82, 2.24) is 5.32 Å². The van der Waals surface area contributed by atoms with Crippen LogP contribution in [0.25, 0.3) is 0 Å². The Hall–Kier alpha value is -1.27. The van der Waals surface area contributed by atoms with E-state index in [1.807, 2.05) is 50.2 Å². The van der Waals surface area contributed by atoms with E-state index in [9.17, 15) is 5.11 Å². The van der Waals surface area contributed by atoms with Crippen molar-refractivity contribution in [3.63, 3.8) is 0 Å². The summed E-state index contributed by atoms with van der Waals surface area (Å²) >= 11 is 9.80. The SMILES string of the molecule is CCOc1cc(CNC(CC)CO)c(Br)cc1OCc1ccccc1Cl. The van der Waals surface area contributed by atoms with Crippen molar-refractivity contribution in [2.24, 2.45) is 0 Å². The molecule has 4 nitrogen and oxygen atoms in total. The topological polar surface area (TPSA) is 50.7 Å². The van der Waals surface area contributed by atoms with E-state index in [0.717, 1.165) is 22.0 Å². The van der Waals surface area contributed by atoms with Gasteiger partial charge in [0.1, 0.15) is 6.61 Å². The highest BCUT2D eigenvalue weighted by Crippen LogP contribution is 2.35. The van der Waals surface area contributed by atoms with Crippen molar-refractivity contribution in [2.45, 2.75) is 39.5 Å². The van der Waals surface area contributed by atoms with Gasteiger partial charge in [0.25, 0.3) is 0 Å². The second-order valence-corrected chi connectivity index (χ2v) is 7.13. The van der Waals surface area contributed by atoms with E-state index in [2.05, 4.69) is 21.2 Å². The van der Waals surface area contributed by atoms with E-state index in [-0.39, 0.29) is 12.6 Å². The van der Waals surface area contributed by atoms with Gasteiger partial charge in [0.05, 0.1) is 13.2 Å². The maximum atomic E-state index is 9.33. The summed E-state index contributed by atoms with van der Waals surface area (Å²) in [6, 6.07) is 11.6.